The molecule has 3 N–H and O–H groups in total. The standard InChI is InChI=1S/C14H14O2S.C12H26O/c1-9-3-5-11(15)13(7-9)17-14-8-10(2)4-6-12(14)16;1-2-3-4-5-6-7-8-9-10-11-12-13/h3-8,15-16H,1-2H3;13H,2-12H2,1H3. The second-order valence-electron chi connectivity index (χ2n) is 7.95. The summed E-state index contributed by atoms with van der Waals surface area (Å²) in [5.41, 5.74) is 2.16. The van der Waals surface area contributed by atoms with Crippen LogP contribution in [0.3, 0.4) is 0 Å². The maximum Gasteiger partial charge on any atom is 0.129 e. The summed E-state index contributed by atoms with van der Waals surface area (Å²) in [6.45, 7) is 6.57. The van der Waals surface area contributed by atoms with Crippen LogP contribution in [0.1, 0.15) is 82.3 Å². The van der Waals surface area contributed by atoms with Gasteiger partial charge in [0.25, 0.3) is 0 Å². The molecule has 3 nitrogen and oxygen atoms in total. The summed E-state index contributed by atoms with van der Waals surface area (Å²) in [6.07, 6.45) is 13.3. The van der Waals surface area contributed by atoms with Crippen molar-refractivity contribution in [2.24, 2.45) is 0 Å². The fourth-order valence-corrected chi connectivity index (χ4v) is 4.20. The summed E-state index contributed by atoms with van der Waals surface area (Å²) < 4.78 is 0. The van der Waals surface area contributed by atoms with Crippen LogP contribution in [0.25, 0.3) is 0 Å². The highest BCUT2D eigenvalue weighted by atomic mass is 32.2. The lowest BCUT2D eigenvalue weighted by Crippen LogP contribution is -1.84. The van der Waals surface area contributed by atoms with E-state index >= 15 is 0 Å². The minimum atomic E-state index is 0.238. The number of aromatic hydroxyl groups is 2. The zero-order valence-corrected chi connectivity index (χ0v) is 19.8. The lowest BCUT2D eigenvalue weighted by molar-refractivity contribution is 0.282. The van der Waals surface area contributed by atoms with E-state index in [9.17, 15) is 10.2 Å². The van der Waals surface area contributed by atoms with Gasteiger partial charge in [0.05, 0.1) is 9.79 Å². The van der Waals surface area contributed by atoms with Gasteiger partial charge in [0, 0.05) is 6.61 Å². The van der Waals surface area contributed by atoms with Crippen molar-refractivity contribution in [2.75, 3.05) is 6.61 Å². The Kier molecular flexibility index (Phi) is 14.2. The molecule has 2 aromatic rings. The number of aryl methyl sites for hydroxylation is 2. The Bertz CT molecular complexity index is 656. The van der Waals surface area contributed by atoms with E-state index in [0.717, 1.165) is 27.3 Å². The summed E-state index contributed by atoms with van der Waals surface area (Å²) in [7, 11) is 0. The number of phenols is 2. The van der Waals surface area contributed by atoms with Crippen molar-refractivity contribution >= 4 is 11.8 Å². The van der Waals surface area contributed by atoms with Crippen molar-refractivity contribution in [1.29, 1.82) is 0 Å². The molecular formula is C26H40O3S. The van der Waals surface area contributed by atoms with E-state index in [-0.39, 0.29) is 11.5 Å². The lowest BCUT2D eigenvalue weighted by atomic mass is 10.1. The van der Waals surface area contributed by atoms with Gasteiger partial charge in [-0.1, -0.05) is 88.6 Å². The molecule has 0 aliphatic carbocycles. The molecular weight excluding hydrogens is 392 g/mol. The molecule has 0 radical (unpaired) electrons. The average Bonchev–Trinajstić information content (AvgIpc) is 2.73. The van der Waals surface area contributed by atoms with E-state index < -0.39 is 0 Å². The van der Waals surface area contributed by atoms with Gasteiger partial charge in [-0.3, -0.25) is 0 Å². The van der Waals surface area contributed by atoms with Crippen LogP contribution in [0, 0.1) is 13.8 Å². The number of rotatable bonds is 12. The summed E-state index contributed by atoms with van der Waals surface area (Å²) >= 11 is 1.37. The van der Waals surface area contributed by atoms with Crippen molar-refractivity contribution in [3.8, 4) is 11.5 Å². The van der Waals surface area contributed by atoms with E-state index in [4.69, 9.17) is 5.11 Å². The normalized spacial score (nSPS) is 10.5. The van der Waals surface area contributed by atoms with Crippen LogP contribution < -0.4 is 0 Å². The van der Waals surface area contributed by atoms with Crippen molar-refractivity contribution in [2.45, 2.75) is 94.8 Å². The molecule has 0 fully saturated rings. The number of unbranched alkanes of at least 4 members (excludes halogenated alkanes) is 9. The molecule has 2 rings (SSSR count). The molecule has 0 saturated carbocycles. The van der Waals surface area contributed by atoms with Crippen LogP contribution in [0.4, 0.5) is 0 Å². The highest BCUT2D eigenvalue weighted by Gasteiger charge is 2.07. The fourth-order valence-electron chi connectivity index (χ4n) is 3.12. The Balaban J connectivity index is 0.000000314. The van der Waals surface area contributed by atoms with Gasteiger partial charge in [-0.25, -0.2) is 0 Å². The number of benzene rings is 2. The van der Waals surface area contributed by atoms with Crippen LogP contribution in [-0.4, -0.2) is 21.9 Å². The van der Waals surface area contributed by atoms with Crippen LogP contribution in [-0.2, 0) is 0 Å². The molecule has 0 aliphatic heterocycles. The smallest absolute Gasteiger partial charge is 0.129 e. The molecule has 168 valence electrons. The first kappa shape index (κ1) is 26.4. The molecule has 30 heavy (non-hydrogen) atoms. The molecule has 4 heteroatoms. The molecule has 0 unspecified atom stereocenters. The van der Waals surface area contributed by atoms with Crippen LogP contribution >= 0.6 is 11.8 Å². The Morgan fingerprint density at radius 3 is 1.43 bits per heavy atom. The lowest BCUT2D eigenvalue weighted by Gasteiger charge is -2.08. The van der Waals surface area contributed by atoms with Gasteiger partial charge >= 0.3 is 0 Å². The highest BCUT2D eigenvalue weighted by molar-refractivity contribution is 7.99. The molecule has 0 bridgehead atoms. The Hall–Kier alpha value is -1.65. The predicted molar refractivity (Wildman–Crippen MR) is 129 cm³/mol. The molecule has 0 saturated heterocycles. The van der Waals surface area contributed by atoms with Gasteiger partial charge in [0.15, 0.2) is 0 Å². The first-order valence-corrected chi connectivity index (χ1v) is 12.2. The average molecular weight is 433 g/mol. The molecule has 0 amide bonds. The van der Waals surface area contributed by atoms with E-state index in [2.05, 4.69) is 6.92 Å². The zero-order valence-electron chi connectivity index (χ0n) is 19.0. The minimum Gasteiger partial charge on any atom is -0.507 e. The van der Waals surface area contributed by atoms with Gasteiger partial charge in [0.2, 0.25) is 0 Å². The summed E-state index contributed by atoms with van der Waals surface area (Å²) in [6, 6.07) is 10.9. The topological polar surface area (TPSA) is 60.7 Å². The number of aliphatic hydroxyl groups excluding tert-OH is 1. The third-order valence-electron chi connectivity index (χ3n) is 4.96. The molecule has 0 aromatic heterocycles. The van der Waals surface area contributed by atoms with Gasteiger partial charge in [0.1, 0.15) is 11.5 Å². The quantitative estimate of drug-likeness (QED) is 0.300. The number of aliphatic hydroxyl groups is 1. The van der Waals surface area contributed by atoms with Crippen LogP contribution in [0.5, 0.6) is 11.5 Å². The molecule has 0 heterocycles. The Morgan fingerprint density at radius 2 is 1.03 bits per heavy atom. The molecule has 2 aromatic carbocycles. The largest absolute Gasteiger partial charge is 0.507 e. The summed E-state index contributed by atoms with van der Waals surface area (Å²) in [4.78, 5) is 1.51. The van der Waals surface area contributed by atoms with E-state index in [1.54, 1.807) is 12.1 Å². The second kappa shape index (κ2) is 16.1. The Morgan fingerprint density at radius 1 is 0.633 bits per heavy atom. The number of hydrogen-bond acceptors (Lipinski definition) is 4. The number of hydrogen-bond donors (Lipinski definition) is 3. The predicted octanol–water partition coefficient (Wildman–Crippen LogP) is 7.77. The number of phenolic OH excluding ortho intramolecular Hbond substituents is 2. The summed E-state index contributed by atoms with van der Waals surface area (Å²) in [5, 5.41) is 28.1. The van der Waals surface area contributed by atoms with Crippen molar-refractivity contribution in [3.05, 3.63) is 47.5 Å². The maximum atomic E-state index is 9.75. The van der Waals surface area contributed by atoms with E-state index in [0.29, 0.717) is 6.61 Å². The minimum absolute atomic E-state index is 0.238. The van der Waals surface area contributed by atoms with Crippen molar-refractivity contribution in [1.82, 2.24) is 0 Å². The van der Waals surface area contributed by atoms with Crippen LogP contribution in [0.15, 0.2) is 46.2 Å². The van der Waals surface area contributed by atoms with Crippen LogP contribution in [0.2, 0.25) is 0 Å². The van der Waals surface area contributed by atoms with E-state index in [1.165, 1.54) is 69.5 Å². The first-order valence-electron chi connectivity index (χ1n) is 11.4. The fraction of sp³-hybridized carbons (Fsp3) is 0.538. The second-order valence-corrected chi connectivity index (χ2v) is 9.03. The van der Waals surface area contributed by atoms with Gasteiger partial charge in [-0.05, 0) is 55.7 Å². The molecule has 0 spiro atoms. The first-order chi connectivity index (χ1) is 14.5. The third kappa shape index (κ3) is 11.5. The highest BCUT2D eigenvalue weighted by Crippen LogP contribution is 2.39. The molecule has 0 atom stereocenters. The SMILES string of the molecule is CCCCCCCCCCCCO.Cc1ccc(O)c(Sc2cc(C)ccc2O)c1. The molecule has 0 aliphatic rings. The van der Waals surface area contributed by atoms with Gasteiger partial charge < -0.3 is 15.3 Å². The van der Waals surface area contributed by atoms with Crippen molar-refractivity contribution < 1.29 is 15.3 Å². The van der Waals surface area contributed by atoms with Crippen molar-refractivity contribution in [3.63, 3.8) is 0 Å². The Labute approximate surface area is 187 Å². The monoisotopic (exact) mass is 432 g/mol. The van der Waals surface area contributed by atoms with Gasteiger partial charge in [-0.15, -0.1) is 0 Å². The third-order valence-corrected chi connectivity index (χ3v) is 6.06. The maximum absolute atomic E-state index is 9.75. The zero-order chi connectivity index (χ0) is 22.2. The summed E-state index contributed by atoms with van der Waals surface area (Å²) in [5.74, 6) is 0.475. The van der Waals surface area contributed by atoms with E-state index in [1.807, 2.05) is 38.1 Å². The van der Waals surface area contributed by atoms with Gasteiger partial charge in [-0.2, -0.15) is 0 Å².